The molecular formula is C26H32N2O5. The van der Waals surface area contributed by atoms with Crippen molar-refractivity contribution >= 4 is 16.9 Å². The van der Waals surface area contributed by atoms with Gasteiger partial charge in [-0.1, -0.05) is 18.6 Å². The summed E-state index contributed by atoms with van der Waals surface area (Å²) in [6, 6.07) is 12.0. The van der Waals surface area contributed by atoms with Crippen LogP contribution in [0.1, 0.15) is 52.4 Å². The van der Waals surface area contributed by atoms with Gasteiger partial charge in [-0.05, 0) is 61.7 Å². The quantitative estimate of drug-likeness (QED) is 0.451. The number of carbonyl (C=O) groups excluding carboxylic acids is 1. The number of carbonyl (C=O) groups is 1. The molecule has 3 N–H and O–H groups in total. The summed E-state index contributed by atoms with van der Waals surface area (Å²) in [5.41, 5.74) is 5.10. The number of aryl methyl sites for hydroxylation is 1. The van der Waals surface area contributed by atoms with Gasteiger partial charge in [0.1, 0.15) is 18.5 Å². The third-order valence-corrected chi connectivity index (χ3v) is 6.45. The molecule has 0 spiro atoms. The lowest BCUT2D eigenvalue weighted by atomic mass is 9.93. The maximum absolute atomic E-state index is 12.2. The van der Waals surface area contributed by atoms with Crippen LogP contribution in [0.5, 0.6) is 5.75 Å². The number of aromatic amines is 1. The number of nitrogens with one attached hydrogen (secondary N) is 1. The van der Waals surface area contributed by atoms with E-state index >= 15 is 0 Å². The summed E-state index contributed by atoms with van der Waals surface area (Å²) < 4.78 is 10.8. The normalized spacial score (nSPS) is 17.8. The number of ether oxygens (including phenoxy) is 2. The van der Waals surface area contributed by atoms with Gasteiger partial charge in [0.25, 0.3) is 0 Å². The van der Waals surface area contributed by atoms with Crippen LogP contribution in [0.3, 0.4) is 0 Å². The van der Waals surface area contributed by atoms with Gasteiger partial charge in [0.15, 0.2) is 0 Å². The zero-order valence-corrected chi connectivity index (χ0v) is 19.2. The fourth-order valence-electron chi connectivity index (χ4n) is 4.69. The first kappa shape index (κ1) is 23.3. The van der Waals surface area contributed by atoms with Crippen molar-refractivity contribution in [2.75, 3.05) is 26.9 Å². The van der Waals surface area contributed by atoms with E-state index in [1.165, 1.54) is 16.5 Å². The van der Waals surface area contributed by atoms with Crippen molar-refractivity contribution in [1.29, 1.82) is 0 Å². The average Bonchev–Trinajstić information content (AvgIpc) is 3.35. The first-order chi connectivity index (χ1) is 16.0. The number of H-pyrrole nitrogens is 1. The van der Waals surface area contributed by atoms with E-state index in [1.807, 2.05) is 18.3 Å². The van der Waals surface area contributed by atoms with Gasteiger partial charge in [-0.15, -0.1) is 0 Å². The summed E-state index contributed by atoms with van der Waals surface area (Å²) in [6.45, 7) is 3.21. The Bertz CT molecular complexity index is 1090. The van der Waals surface area contributed by atoms with Gasteiger partial charge in [0.05, 0.1) is 19.3 Å². The molecule has 0 unspecified atom stereocenters. The van der Waals surface area contributed by atoms with E-state index in [-0.39, 0.29) is 12.6 Å². The highest BCUT2D eigenvalue weighted by Gasteiger charge is 2.26. The largest absolute Gasteiger partial charge is 0.496 e. The summed E-state index contributed by atoms with van der Waals surface area (Å²) in [7, 11) is 1.72. The molecule has 0 amide bonds. The second kappa shape index (κ2) is 10.4. The maximum atomic E-state index is 12.2. The Morgan fingerprint density at radius 1 is 1.24 bits per heavy atom. The number of esters is 1. The van der Waals surface area contributed by atoms with Crippen LogP contribution < -0.4 is 4.74 Å². The lowest BCUT2D eigenvalue weighted by molar-refractivity contribution is 0.00932. The van der Waals surface area contributed by atoms with Crippen LogP contribution in [0, 0.1) is 6.92 Å². The Kier molecular flexibility index (Phi) is 7.33. The maximum Gasteiger partial charge on any atom is 0.338 e. The van der Waals surface area contributed by atoms with Crippen molar-refractivity contribution in [2.24, 2.45) is 0 Å². The number of aliphatic hydroxyl groups is 2. The number of methoxy groups -OCH3 is 1. The minimum atomic E-state index is -1.06. The van der Waals surface area contributed by atoms with Crippen molar-refractivity contribution in [3.8, 4) is 5.75 Å². The van der Waals surface area contributed by atoms with E-state index in [0.29, 0.717) is 5.56 Å². The third kappa shape index (κ3) is 5.05. The first-order valence-electron chi connectivity index (χ1n) is 11.5. The van der Waals surface area contributed by atoms with E-state index in [0.717, 1.165) is 49.2 Å². The number of nitrogens with zero attached hydrogens (tertiary/aromatic N) is 1. The Hall–Kier alpha value is -2.87. The molecule has 1 fully saturated rings. The number of fused-ring (bicyclic) bond motifs is 1. The van der Waals surface area contributed by atoms with Crippen LogP contribution >= 0.6 is 0 Å². The SMILES string of the molecule is COc1cc(C)c2[nH]ccc2c1CN1CCCC[C@H]1c1ccc(C(=O)OC[C@@H](O)CO)cc1. The van der Waals surface area contributed by atoms with Crippen LogP contribution in [-0.2, 0) is 11.3 Å². The van der Waals surface area contributed by atoms with Crippen molar-refractivity contribution in [3.05, 3.63) is 64.8 Å². The van der Waals surface area contributed by atoms with Gasteiger partial charge < -0.3 is 24.7 Å². The molecule has 2 heterocycles. The van der Waals surface area contributed by atoms with Crippen molar-refractivity contribution in [3.63, 3.8) is 0 Å². The molecule has 0 saturated carbocycles. The van der Waals surface area contributed by atoms with E-state index in [4.69, 9.17) is 14.6 Å². The summed E-state index contributed by atoms with van der Waals surface area (Å²) in [6.07, 6.45) is 4.28. The van der Waals surface area contributed by atoms with Gasteiger partial charge in [-0.25, -0.2) is 4.79 Å². The minimum absolute atomic E-state index is 0.223. The molecule has 7 heteroatoms. The standard InChI is InChI=1S/C26H32N2O5/c1-17-13-24(32-2)22(21-10-11-27-25(17)21)14-28-12-4-3-5-23(28)18-6-8-19(9-7-18)26(31)33-16-20(30)15-29/h6-11,13,20,23,27,29-30H,3-5,12,14-16H2,1-2H3/t20-,23-/m0/s1. The highest BCUT2D eigenvalue weighted by atomic mass is 16.5. The van der Waals surface area contributed by atoms with E-state index in [9.17, 15) is 9.90 Å². The minimum Gasteiger partial charge on any atom is -0.496 e. The zero-order chi connectivity index (χ0) is 23.4. The molecule has 3 aromatic rings. The molecule has 7 nitrogen and oxygen atoms in total. The Morgan fingerprint density at radius 2 is 2.03 bits per heavy atom. The third-order valence-electron chi connectivity index (χ3n) is 6.45. The lowest BCUT2D eigenvalue weighted by Gasteiger charge is -2.36. The van der Waals surface area contributed by atoms with E-state index in [2.05, 4.69) is 28.9 Å². The molecule has 1 saturated heterocycles. The molecule has 4 rings (SSSR count). The van der Waals surface area contributed by atoms with Crippen molar-refractivity contribution in [2.45, 2.75) is 44.9 Å². The van der Waals surface area contributed by atoms with Crippen LogP contribution in [0.2, 0.25) is 0 Å². The zero-order valence-electron chi connectivity index (χ0n) is 19.2. The molecule has 2 aromatic carbocycles. The number of benzene rings is 2. The average molecular weight is 453 g/mol. The first-order valence-corrected chi connectivity index (χ1v) is 11.5. The Labute approximate surface area is 193 Å². The molecular weight excluding hydrogens is 420 g/mol. The Morgan fingerprint density at radius 3 is 2.76 bits per heavy atom. The molecule has 0 aliphatic carbocycles. The monoisotopic (exact) mass is 452 g/mol. The fraction of sp³-hybridized carbons (Fsp3) is 0.423. The Balaban J connectivity index is 1.54. The number of aromatic nitrogens is 1. The summed E-state index contributed by atoms with van der Waals surface area (Å²) >= 11 is 0. The number of hydrogen-bond acceptors (Lipinski definition) is 6. The van der Waals surface area contributed by atoms with Gasteiger partial charge >= 0.3 is 5.97 Å². The predicted molar refractivity (Wildman–Crippen MR) is 126 cm³/mol. The summed E-state index contributed by atoms with van der Waals surface area (Å²) in [5, 5.41) is 19.4. The second-order valence-electron chi connectivity index (χ2n) is 8.68. The number of piperidine rings is 1. The topological polar surface area (TPSA) is 95.0 Å². The summed E-state index contributed by atoms with van der Waals surface area (Å²) in [4.78, 5) is 18.1. The van der Waals surface area contributed by atoms with Crippen LogP contribution in [0.4, 0.5) is 0 Å². The molecule has 1 aliphatic heterocycles. The van der Waals surface area contributed by atoms with Gasteiger partial charge in [-0.3, -0.25) is 4.90 Å². The van der Waals surface area contributed by atoms with Crippen LogP contribution in [0.25, 0.3) is 10.9 Å². The predicted octanol–water partition coefficient (Wildman–Crippen LogP) is 3.72. The molecule has 0 bridgehead atoms. The number of aliphatic hydroxyl groups excluding tert-OH is 2. The second-order valence-corrected chi connectivity index (χ2v) is 8.68. The number of likely N-dealkylation sites (tertiary alicyclic amines) is 1. The van der Waals surface area contributed by atoms with Crippen molar-refractivity contribution in [1.82, 2.24) is 9.88 Å². The number of hydrogen-bond donors (Lipinski definition) is 3. The highest BCUT2D eigenvalue weighted by Crippen LogP contribution is 2.37. The van der Waals surface area contributed by atoms with Crippen molar-refractivity contribution < 1.29 is 24.5 Å². The molecule has 2 atom stereocenters. The number of rotatable bonds is 8. The molecule has 33 heavy (non-hydrogen) atoms. The van der Waals surface area contributed by atoms with Crippen LogP contribution in [-0.4, -0.2) is 59.0 Å². The fourth-order valence-corrected chi connectivity index (χ4v) is 4.69. The molecule has 1 aliphatic rings. The van der Waals surface area contributed by atoms with Gasteiger partial charge in [0.2, 0.25) is 0 Å². The van der Waals surface area contributed by atoms with Gasteiger partial charge in [0, 0.05) is 35.2 Å². The molecule has 0 radical (unpaired) electrons. The summed E-state index contributed by atoms with van der Waals surface area (Å²) in [5.74, 6) is 0.404. The van der Waals surface area contributed by atoms with Gasteiger partial charge in [-0.2, -0.15) is 0 Å². The molecule has 1 aromatic heterocycles. The van der Waals surface area contributed by atoms with E-state index in [1.54, 1.807) is 19.2 Å². The van der Waals surface area contributed by atoms with E-state index < -0.39 is 18.7 Å². The smallest absolute Gasteiger partial charge is 0.338 e. The lowest BCUT2D eigenvalue weighted by Crippen LogP contribution is -2.33. The molecule has 176 valence electrons. The highest BCUT2D eigenvalue weighted by molar-refractivity contribution is 5.89. The van der Waals surface area contributed by atoms with Crippen LogP contribution in [0.15, 0.2) is 42.6 Å².